The third kappa shape index (κ3) is 6.32. The van der Waals surface area contributed by atoms with E-state index in [-0.39, 0.29) is 5.91 Å². The van der Waals surface area contributed by atoms with Gasteiger partial charge >= 0.3 is 6.09 Å². The Labute approximate surface area is 215 Å². The first-order valence-electron chi connectivity index (χ1n) is 11.8. The molecule has 0 atom stereocenters. The molecule has 2 heterocycles. The van der Waals surface area contributed by atoms with Crippen molar-refractivity contribution >= 4 is 34.6 Å². The van der Waals surface area contributed by atoms with Gasteiger partial charge in [-0.25, -0.2) is 14.8 Å². The molecule has 0 aliphatic rings. The number of carbonyl (C=O) groups is 2. The fourth-order valence-corrected chi connectivity index (χ4v) is 3.74. The van der Waals surface area contributed by atoms with E-state index in [1.165, 1.54) is 12.4 Å². The van der Waals surface area contributed by atoms with E-state index in [2.05, 4.69) is 32.5 Å². The quantitative estimate of drug-likeness (QED) is 0.213. The normalized spacial score (nSPS) is 11.1. The molecule has 9 nitrogen and oxygen atoms in total. The molecule has 0 spiro atoms. The second kappa shape index (κ2) is 10.9. The minimum Gasteiger partial charge on any atom is -0.444 e. The number of anilines is 2. The Hall–Kier alpha value is -4.66. The van der Waals surface area contributed by atoms with Crippen LogP contribution in [0.4, 0.5) is 16.3 Å². The van der Waals surface area contributed by atoms with Crippen LogP contribution in [0.2, 0.25) is 0 Å². The van der Waals surface area contributed by atoms with Gasteiger partial charge < -0.3 is 25.1 Å². The monoisotopic (exact) mass is 499 g/mol. The molecular formula is C28H29N5O4. The number of hydrogen-bond donors (Lipinski definition) is 3. The first kappa shape index (κ1) is 25.4. The maximum Gasteiger partial charge on any atom is 0.407 e. The minimum atomic E-state index is -0.574. The second-order valence-electron chi connectivity index (χ2n) is 9.20. The minimum absolute atomic E-state index is 0.305. The molecule has 2 aromatic heterocycles. The zero-order valence-corrected chi connectivity index (χ0v) is 21.0. The van der Waals surface area contributed by atoms with E-state index in [4.69, 9.17) is 9.15 Å². The first-order valence-corrected chi connectivity index (χ1v) is 11.8. The molecule has 0 fully saturated rings. The van der Waals surface area contributed by atoms with Crippen molar-refractivity contribution in [2.45, 2.75) is 26.4 Å². The Kier molecular flexibility index (Phi) is 7.52. The van der Waals surface area contributed by atoms with Crippen molar-refractivity contribution in [3.05, 3.63) is 73.6 Å². The molecule has 0 saturated carbocycles. The number of hydrogen-bond acceptors (Lipinski definition) is 7. The van der Waals surface area contributed by atoms with Crippen LogP contribution in [-0.4, -0.2) is 40.7 Å². The Morgan fingerprint density at radius 3 is 2.51 bits per heavy atom. The molecule has 4 rings (SSSR count). The van der Waals surface area contributed by atoms with Gasteiger partial charge in [-0.05, 0) is 44.5 Å². The van der Waals surface area contributed by atoms with Crippen LogP contribution in [0.1, 0.15) is 20.8 Å². The summed E-state index contributed by atoms with van der Waals surface area (Å²) in [5.74, 6) is 0.872. The number of carbonyl (C=O) groups excluding carboxylic acids is 2. The van der Waals surface area contributed by atoms with Gasteiger partial charge in [-0.3, -0.25) is 4.79 Å². The molecule has 0 aliphatic heterocycles. The lowest BCUT2D eigenvalue weighted by Gasteiger charge is -2.19. The third-order valence-corrected chi connectivity index (χ3v) is 5.21. The highest BCUT2D eigenvalue weighted by molar-refractivity contribution is 6.06. The standard InChI is InChI=1S/C28H29N5O4/c1-5-21(34)33-20-13-9-12-19(16-20)22-23-25(29-14-15-30-27(35)37-28(2,3)4)31-17-32-26(23)36-24(22)18-10-7-6-8-11-18/h5-13,16-17H,1,14-15H2,2-4H3,(H,30,35)(H,33,34)(H,29,31,32). The molecule has 190 valence electrons. The van der Waals surface area contributed by atoms with Gasteiger partial charge in [0.1, 0.15) is 23.5 Å². The maximum atomic E-state index is 12.0. The van der Waals surface area contributed by atoms with Crippen molar-refractivity contribution in [2.75, 3.05) is 23.7 Å². The molecule has 2 aromatic carbocycles. The van der Waals surface area contributed by atoms with Crippen molar-refractivity contribution in [3.63, 3.8) is 0 Å². The molecule has 0 unspecified atom stereocenters. The summed E-state index contributed by atoms with van der Waals surface area (Å²) in [5.41, 5.74) is 2.91. The van der Waals surface area contributed by atoms with Crippen LogP contribution in [-0.2, 0) is 9.53 Å². The van der Waals surface area contributed by atoms with Crippen molar-refractivity contribution in [3.8, 4) is 22.5 Å². The number of nitrogens with one attached hydrogen (secondary N) is 3. The van der Waals surface area contributed by atoms with Gasteiger partial charge in [-0.2, -0.15) is 0 Å². The molecule has 0 aliphatic carbocycles. The summed E-state index contributed by atoms with van der Waals surface area (Å²) in [4.78, 5) is 32.7. The van der Waals surface area contributed by atoms with Crippen molar-refractivity contribution < 1.29 is 18.7 Å². The van der Waals surface area contributed by atoms with Gasteiger partial charge in [-0.1, -0.05) is 49.0 Å². The zero-order chi connectivity index (χ0) is 26.4. The van der Waals surface area contributed by atoms with Crippen molar-refractivity contribution in [1.29, 1.82) is 0 Å². The number of amides is 2. The topological polar surface area (TPSA) is 118 Å². The number of fused-ring (bicyclic) bond motifs is 1. The lowest BCUT2D eigenvalue weighted by atomic mass is 9.99. The van der Waals surface area contributed by atoms with Gasteiger partial charge in [-0.15, -0.1) is 0 Å². The van der Waals surface area contributed by atoms with Crippen LogP contribution >= 0.6 is 0 Å². The summed E-state index contributed by atoms with van der Waals surface area (Å²) in [7, 11) is 0. The van der Waals surface area contributed by atoms with Crippen LogP contribution in [0.5, 0.6) is 0 Å². The van der Waals surface area contributed by atoms with Crippen LogP contribution < -0.4 is 16.0 Å². The van der Waals surface area contributed by atoms with E-state index in [1.807, 2.05) is 69.3 Å². The van der Waals surface area contributed by atoms with Crippen LogP contribution in [0.3, 0.4) is 0 Å². The Bertz CT molecular complexity index is 1420. The summed E-state index contributed by atoms with van der Waals surface area (Å²) in [6, 6.07) is 17.1. The number of rotatable bonds is 8. The van der Waals surface area contributed by atoms with E-state index >= 15 is 0 Å². The molecule has 37 heavy (non-hydrogen) atoms. The highest BCUT2D eigenvalue weighted by Gasteiger charge is 2.22. The van der Waals surface area contributed by atoms with E-state index in [0.29, 0.717) is 41.5 Å². The summed E-state index contributed by atoms with van der Waals surface area (Å²) >= 11 is 0. The molecule has 0 bridgehead atoms. The lowest BCUT2D eigenvalue weighted by Crippen LogP contribution is -2.35. The number of furan rings is 1. The summed E-state index contributed by atoms with van der Waals surface area (Å²) in [6.45, 7) is 9.66. The molecular weight excluding hydrogens is 470 g/mol. The van der Waals surface area contributed by atoms with Gasteiger partial charge in [0.15, 0.2) is 0 Å². The van der Waals surface area contributed by atoms with Gasteiger partial charge in [0.2, 0.25) is 11.6 Å². The van der Waals surface area contributed by atoms with E-state index in [0.717, 1.165) is 16.7 Å². The molecule has 9 heteroatoms. The Morgan fingerprint density at radius 1 is 1.03 bits per heavy atom. The molecule has 0 radical (unpaired) electrons. The molecule has 0 saturated heterocycles. The van der Waals surface area contributed by atoms with Crippen LogP contribution in [0, 0.1) is 0 Å². The smallest absolute Gasteiger partial charge is 0.407 e. The number of aromatic nitrogens is 2. The number of ether oxygens (including phenoxy) is 1. The number of nitrogens with zero attached hydrogens (tertiary/aromatic N) is 2. The lowest BCUT2D eigenvalue weighted by molar-refractivity contribution is -0.111. The third-order valence-electron chi connectivity index (χ3n) is 5.21. The van der Waals surface area contributed by atoms with E-state index in [9.17, 15) is 9.59 Å². The zero-order valence-electron chi connectivity index (χ0n) is 21.0. The predicted molar refractivity (Wildman–Crippen MR) is 144 cm³/mol. The van der Waals surface area contributed by atoms with Gasteiger partial charge in [0, 0.05) is 29.9 Å². The highest BCUT2D eigenvalue weighted by Crippen LogP contribution is 2.43. The summed E-state index contributed by atoms with van der Waals surface area (Å²) in [6.07, 6.45) is 2.15. The fourth-order valence-electron chi connectivity index (χ4n) is 3.74. The van der Waals surface area contributed by atoms with Crippen molar-refractivity contribution in [1.82, 2.24) is 15.3 Å². The van der Waals surface area contributed by atoms with Crippen molar-refractivity contribution in [2.24, 2.45) is 0 Å². The van der Waals surface area contributed by atoms with Gasteiger partial charge in [0.05, 0.1) is 5.39 Å². The Morgan fingerprint density at radius 2 is 1.78 bits per heavy atom. The average molecular weight is 500 g/mol. The average Bonchev–Trinajstić information content (AvgIpc) is 3.27. The largest absolute Gasteiger partial charge is 0.444 e. The summed E-state index contributed by atoms with van der Waals surface area (Å²) < 4.78 is 11.5. The number of benzene rings is 2. The van der Waals surface area contributed by atoms with Crippen LogP contribution in [0.25, 0.3) is 33.6 Å². The number of alkyl carbamates (subject to hydrolysis) is 1. The highest BCUT2D eigenvalue weighted by atomic mass is 16.6. The molecule has 4 aromatic rings. The maximum absolute atomic E-state index is 12.0. The fraction of sp³-hybridized carbons (Fsp3) is 0.214. The van der Waals surface area contributed by atoms with Gasteiger partial charge in [0.25, 0.3) is 0 Å². The van der Waals surface area contributed by atoms with Crippen LogP contribution in [0.15, 0.2) is 78.0 Å². The summed E-state index contributed by atoms with van der Waals surface area (Å²) in [5, 5.41) is 9.48. The van der Waals surface area contributed by atoms with E-state index < -0.39 is 11.7 Å². The molecule has 2 amide bonds. The SMILES string of the molecule is C=CC(=O)Nc1cccc(-c2c(-c3ccccc3)oc3ncnc(NCCNC(=O)OC(C)(C)C)c23)c1. The first-order chi connectivity index (χ1) is 17.7. The molecule has 3 N–H and O–H groups in total. The predicted octanol–water partition coefficient (Wildman–Crippen LogP) is 5.62. The second-order valence-corrected chi connectivity index (χ2v) is 9.20. The Balaban J connectivity index is 1.71. The van der Waals surface area contributed by atoms with E-state index in [1.54, 1.807) is 6.07 Å².